The summed E-state index contributed by atoms with van der Waals surface area (Å²) in [5, 5.41) is 3.17. The molecule has 0 aromatic carbocycles. The number of carbonyl (C=O) groups is 1. The number of rotatable bonds is 6. The maximum Gasteiger partial charge on any atom is 0.251 e. The van der Waals surface area contributed by atoms with Crippen LogP contribution in [0.15, 0.2) is 28.3 Å². The minimum Gasteiger partial charge on any atom is -0.308 e. The Morgan fingerprint density at radius 2 is 2.17 bits per heavy atom. The van der Waals surface area contributed by atoms with E-state index >= 15 is 0 Å². The molecular formula is C15H16Cl2N4O2S. The first-order chi connectivity index (χ1) is 11.4. The van der Waals surface area contributed by atoms with Crippen LogP contribution in [-0.4, -0.2) is 26.1 Å². The minimum absolute atomic E-state index is 0.231. The first kappa shape index (κ1) is 18.8. The SMILES string of the molecule is CCCc1cc(=O)[nH]c(SC(C)C(=O)Nc2ncc(Cl)cc2Cl)n1. The third-order valence-electron chi connectivity index (χ3n) is 2.99. The van der Waals surface area contributed by atoms with Gasteiger partial charge in [-0.3, -0.25) is 9.59 Å². The summed E-state index contributed by atoms with van der Waals surface area (Å²) in [6.45, 7) is 3.71. The van der Waals surface area contributed by atoms with Gasteiger partial charge in [0.1, 0.15) is 0 Å². The highest BCUT2D eigenvalue weighted by Crippen LogP contribution is 2.24. The Hall–Kier alpha value is -1.57. The number of aryl methyl sites for hydroxylation is 1. The van der Waals surface area contributed by atoms with Crippen LogP contribution in [-0.2, 0) is 11.2 Å². The Morgan fingerprint density at radius 3 is 2.83 bits per heavy atom. The quantitative estimate of drug-likeness (QED) is 0.585. The fourth-order valence-corrected chi connectivity index (χ4v) is 3.13. The highest BCUT2D eigenvalue weighted by molar-refractivity contribution is 8.00. The second-order valence-corrected chi connectivity index (χ2v) is 7.20. The van der Waals surface area contributed by atoms with Gasteiger partial charge < -0.3 is 10.3 Å². The van der Waals surface area contributed by atoms with Crippen molar-refractivity contribution >= 4 is 46.7 Å². The molecule has 0 aliphatic carbocycles. The second-order valence-electron chi connectivity index (χ2n) is 5.03. The summed E-state index contributed by atoms with van der Waals surface area (Å²) in [6, 6.07) is 2.96. The normalized spacial score (nSPS) is 12.0. The van der Waals surface area contributed by atoms with E-state index in [9.17, 15) is 9.59 Å². The number of pyridine rings is 1. The van der Waals surface area contributed by atoms with Crippen LogP contribution in [0.1, 0.15) is 26.0 Å². The summed E-state index contributed by atoms with van der Waals surface area (Å²) in [5.74, 6) is -0.0695. The van der Waals surface area contributed by atoms with Crippen LogP contribution < -0.4 is 10.9 Å². The van der Waals surface area contributed by atoms with Crippen LogP contribution in [0, 0.1) is 0 Å². The summed E-state index contributed by atoms with van der Waals surface area (Å²) in [4.78, 5) is 34.9. The number of halogens is 2. The van der Waals surface area contributed by atoms with Gasteiger partial charge in [0, 0.05) is 18.0 Å². The lowest BCUT2D eigenvalue weighted by molar-refractivity contribution is -0.115. The van der Waals surface area contributed by atoms with Crippen molar-refractivity contribution in [2.45, 2.75) is 37.1 Å². The van der Waals surface area contributed by atoms with E-state index in [1.807, 2.05) is 6.92 Å². The molecule has 2 heterocycles. The molecule has 2 N–H and O–H groups in total. The zero-order valence-corrected chi connectivity index (χ0v) is 15.4. The van der Waals surface area contributed by atoms with Gasteiger partial charge in [-0.1, -0.05) is 48.3 Å². The zero-order valence-electron chi connectivity index (χ0n) is 13.1. The van der Waals surface area contributed by atoms with E-state index in [0.29, 0.717) is 22.3 Å². The molecule has 0 aliphatic rings. The number of nitrogens with one attached hydrogen (secondary N) is 2. The number of hydrogen-bond acceptors (Lipinski definition) is 5. The molecule has 1 unspecified atom stereocenters. The highest BCUT2D eigenvalue weighted by Gasteiger charge is 2.18. The van der Waals surface area contributed by atoms with Crippen LogP contribution >= 0.6 is 35.0 Å². The predicted molar refractivity (Wildman–Crippen MR) is 97.1 cm³/mol. The van der Waals surface area contributed by atoms with E-state index in [4.69, 9.17) is 23.2 Å². The van der Waals surface area contributed by atoms with E-state index < -0.39 is 5.25 Å². The number of nitrogens with zero attached hydrogens (tertiary/aromatic N) is 2. The molecule has 2 aromatic heterocycles. The first-order valence-electron chi connectivity index (χ1n) is 7.28. The van der Waals surface area contributed by atoms with Crippen LogP contribution in [0.2, 0.25) is 10.0 Å². The number of hydrogen-bond donors (Lipinski definition) is 2. The smallest absolute Gasteiger partial charge is 0.251 e. The molecule has 0 radical (unpaired) electrons. The Balaban J connectivity index is 2.07. The van der Waals surface area contributed by atoms with E-state index in [0.717, 1.165) is 18.2 Å². The number of aromatic amines is 1. The van der Waals surface area contributed by atoms with E-state index in [-0.39, 0.29) is 22.3 Å². The zero-order chi connectivity index (χ0) is 17.7. The molecule has 1 atom stereocenters. The summed E-state index contributed by atoms with van der Waals surface area (Å²) in [6.07, 6.45) is 2.99. The van der Waals surface area contributed by atoms with Crippen LogP contribution in [0.25, 0.3) is 0 Å². The van der Waals surface area contributed by atoms with Crippen LogP contribution in [0.3, 0.4) is 0 Å². The Labute approximate surface area is 153 Å². The molecule has 9 heteroatoms. The van der Waals surface area contributed by atoms with Crippen molar-refractivity contribution in [1.29, 1.82) is 0 Å². The molecule has 0 fully saturated rings. The van der Waals surface area contributed by atoms with Gasteiger partial charge in [-0.25, -0.2) is 9.97 Å². The monoisotopic (exact) mass is 386 g/mol. The van der Waals surface area contributed by atoms with E-state index in [2.05, 4.69) is 20.3 Å². The molecule has 0 spiro atoms. The first-order valence-corrected chi connectivity index (χ1v) is 8.91. The summed E-state index contributed by atoms with van der Waals surface area (Å²) in [5.41, 5.74) is 0.477. The third kappa shape index (κ3) is 5.22. The number of carbonyl (C=O) groups excluding carboxylic acids is 1. The molecule has 2 aromatic rings. The van der Waals surface area contributed by atoms with Crippen molar-refractivity contribution in [3.05, 3.63) is 44.4 Å². The highest BCUT2D eigenvalue weighted by atomic mass is 35.5. The Bertz CT molecular complexity index is 797. The molecule has 128 valence electrons. The number of amides is 1. The van der Waals surface area contributed by atoms with Gasteiger partial charge in [-0.05, 0) is 19.4 Å². The number of thioether (sulfide) groups is 1. The standard InChI is InChI=1S/C15H16Cl2N4O2S/c1-3-4-10-6-12(22)20-15(19-10)24-8(2)14(23)21-13-11(17)5-9(16)7-18-13/h5-8H,3-4H2,1-2H3,(H,18,21,23)(H,19,20,22). The lowest BCUT2D eigenvalue weighted by atomic mass is 10.2. The van der Waals surface area contributed by atoms with Gasteiger partial charge >= 0.3 is 0 Å². The number of anilines is 1. The third-order valence-corrected chi connectivity index (χ3v) is 4.47. The van der Waals surface area contributed by atoms with Gasteiger partial charge in [0.05, 0.1) is 15.3 Å². The molecular weight excluding hydrogens is 371 g/mol. The molecule has 2 rings (SSSR count). The minimum atomic E-state index is -0.501. The van der Waals surface area contributed by atoms with Crippen molar-refractivity contribution in [3.63, 3.8) is 0 Å². The molecule has 0 bridgehead atoms. The molecule has 0 saturated carbocycles. The van der Waals surface area contributed by atoms with Crippen molar-refractivity contribution in [1.82, 2.24) is 15.0 Å². The van der Waals surface area contributed by atoms with Gasteiger partial charge in [0.25, 0.3) is 5.56 Å². The average Bonchev–Trinajstić information content (AvgIpc) is 2.49. The molecule has 1 amide bonds. The Kier molecular flexibility index (Phi) is 6.65. The number of aromatic nitrogens is 3. The average molecular weight is 387 g/mol. The summed E-state index contributed by atoms with van der Waals surface area (Å²) >= 11 is 12.9. The molecule has 0 saturated heterocycles. The van der Waals surface area contributed by atoms with Crippen molar-refractivity contribution in [2.24, 2.45) is 0 Å². The number of H-pyrrole nitrogens is 1. The molecule has 0 aliphatic heterocycles. The van der Waals surface area contributed by atoms with Crippen molar-refractivity contribution in [2.75, 3.05) is 5.32 Å². The fourth-order valence-electron chi connectivity index (χ4n) is 1.87. The van der Waals surface area contributed by atoms with E-state index in [1.165, 1.54) is 18.3 Å². The van der Waals surface area contributed by atoms with E-state index in [1.54, 1.807) is 6.92 Å². The maximum atomic E-state index is 12.3. The largest absolute Gasteiger partial charge is 0.308 e. The van der Waals surface area contributed by atoms with Crippen molar-refractivity contribution in [3.8, 4) is 0 Å². The summed E-state index contributed by atoms with van der Waals surface area (Å²) < 4.78 is 0. The lowest BCUT2D eigenvalue weighted by Crippen LogP contribution is -2.24. The maximum absolute atomic E-state index is 12.3. The van der Waals surface area contributed by atoms with Crippen LogP contribution in [0.4, 0.5) is 5.82 Å². The summed E-state index contributed by atoms with van der Waals surface area (Å²) in [7, 11) is 0. The van der Waals surface area contributed by atoms with Gasteiger partial charge in [-0.15, -0.1) is 0 Å². The lowest BCUT2D eigenvalue weighted by Gasteiger charge is -2.12. The molecule has 6 nitrogen and oxygen atoms in total. The molecule has 24 heavy (non-hydrogen) atoms. The van der Waals surface area contributed by atoms with Gasteiger partial charge in [-0.2, -0.15) is 0 Å². The Morgan fingerprint density at radius 1 is 1.42 bits per heavy atom. The van der Waals surface area contributed by atoms with Gasteiger partial charge in [0.2, 0.25) is 5.91 Å². The topological polar surface area (TPSA) is 87.7 Å². The van der Waals surface area contributed by atoms with Gasteiger partial charge in [0.15, 0.2) is 11.0 Å². The second kappa shape index (κ2) is 8.50. The predicted octanol–water partition coefficient (Wildman–Crippen LogP) is 3.54. The van der Waals surface area contributed by atoms with Crippen LogP contribution in [0.5, 0.6) is 0 Å². The fraction of sp³-hybridized carbons (Fsp3) is 0.333. The van der Waals surface area contributed by atoms with Crippen molar-refractivity contribution < 1.29 is 4.79 Å².